The van der Waals surface area contributed by atoms with Gasteiger partial charge in [-0.3, -0.25) is 10.0 Å². The predicted molar refractivity (Wildman–Crippen MR) is 84.1 cm³/mol. The van der Waals surface area contributed by atoms with Gasteiger partial charge in [-0.1, -0.05) is 47.6 Å². The Morgan fingerprint density at radius 2 is 1.79 bits per heavy atom. The number of carbonyl (C=O) groups is 1. The Hall–Kier alpha value is -3.19. The van der Waals surface area contributed by atoms with Gasteiger partial charge in [-0.2, -0.15) is 4.98 Å². The number of hydrogen-bond acceptors (Lipinski definition) is 6. The first-order chi connectivity index (χ1) is 11.7. The van der Waals surface area contributed by atoms with Crippen LogP contribution in [0.5, 0.6) is 5.75 Å². The molecule has 0 radical (unpaired) electrons. The first kappa shape index (κ1) is 15.7. The number of amides is 1. The lowest BCUT2D eigenvalue weighted by Crippen LogP contribution is -2.21. The van der Waals surface area contributed by atoms with Crippen LogP contribution in [0, 0.1) is 0 Å². The van der Waals surface area contributed by atoms with Gasteiger partial charge in [0, 0.05) is 0 Å². The Morgan fingerprint density at radius 3 is 2.50 bits per heavy atom. The third-order valence-electron chi connectivity index (χ3n) is 3.28. The van der Waals surface area contributed by atoms with Gasteiger partial charge >= 0.3 is 0 Å². The third-order valence-corrected chi connectivity index (χ3v) is 3.28. The average Bonchev–Trinajstić information content (AvgIpc) is 3.08. The summed E-state index contributed by atoms with van der Waals surface area (Å²) in [6.45, 7) is 0.0957. The summed E-state index contributed by atoms with van der Waals surface area (Å²) >= 11 is 0. The number of hydroxylamine groups is 1. The molecule has 122 valence electrons. The van der Waals surface area contributed by atoms with Gasteiger partial charge < -0.3 is 9.26 Å². The van der Waals surface area contributed by atoms with Gasteiger partial charge in [-0.15, -0.1) is 0 Å². The highest BCUT2D eigenvalue weighted by Gasteiger charge is 2.11. The fourth-order valence-electron chi connectivity index (χ4n) is 2.12. The average molecular weight is 325 g/mol. The van der Waals surface area contributed by atoms with Gasteiger partial charge in [0.05, 0.1) is 6.42 Å². The summed E-state index contributed by atoms with van der Waals surface area (Å²) in [5.41, 5.74) is 3.74. The standard InChI is InChI=1S/C17H15N3O4/c21-16(19-22)10-15-18-17(24-20-15)11-23-14-8-6-13(7-9-14)12-4-2-1-3-5-12/h1-9,22H,10-11H2,(H,19,21). The summed E-state index contributed by atoms with van der Waals surface area (Å²) < 4.78 is 10.6. The van der Waals surface area contributed by atoms with Crippen LogP contribution in [0.15, 0.2) is 59.1 Å². The van der Waals surface area contributed by atoms with Crippen molar-refractivity contribution in [3.63, 3.8) is 0 Å². The lowest BCUT2D eigenvalue weighted by Gasteiger charge is -2.05. The molecule has 7 heteroatoms. The summed E-state index contributed by atoms with van der Waals surface area (Å²) in [5.74, 6) is 0.491. The maximum atomic E-state index is 11.0. The van der Waals surface area contributed by atoms with Crippen molar-refractivity contribution in [1.29, 1.82) is 0 Å². The highest BCUT2D eigenvalue weighted by Crippen LogP contribution is 2.22. The second-order valence-corrected chi connectivity index (χ2v) is 5.00. The highest BCUT2D eigenvalue weighted by atomic mass is 16.5. The molecule has 2 N–H and O–H groups in total. The van der Waals surface area contributed by atoms with Crippen molar-refractivity contribution in [3.05, 3.63) is 66.3 Å². The van der Waals surface area contributed by atoms with Crippen molar-refractivity contribution in [1.82, 2.24) is 15.6 Å². The zero-order valence-corrected chi connectivity index (χ0v) is 12.7. The lowest BCUT2D eigenvalue weighted by atomic mass is 10.1. The number of hydrogen-bond donors (Lipinski definition) is 2. The van der Waals surface area contributed by atoms with E-state index in [1.54, 1.807) is 0 Å². The Balaban J connectivity index is 1.58. The van der Waals surface area contributed by atoms with Crippen LogP contribution in [0.25, 0.3) is 11.1 Å². The van der Waals surface area contributed by atoms with Gasteiger partial charge in [0.15, 0.2) is 12.4 Å². The molecule has 3 rings (SSSR count). The molecule has 0 fully saturated rings. The van der Waals surface area contributed by atoms with Crippen molar-refractivity contribution < 1.29 is 19.3 Å². The van der Waals surface area contributed by atoms with E-state index in [1.807, 2.05) is 54.6 Å². The van der Waals surface area contributed by atoms with Crippen LogP contribution in [-0.2, 0) is 17.8 Å². The fraction of sp³-hybridized carbons (Fsp3) is 0.118. The number of nitrogens with one attached hydrogen (secondary N) is 1. The minimum atomic E-state index is -0.611. The normalized spacial score (nSPS) is 10.4. The summed E-state index contributed by atoms with van der Waals surface area (Å²) in [6, 6.07) is 17.7. The minimum absolute atomic E-state index is 0.0957. The molecule has 2 aromatic carbocycles. The Morgan fingerprint density at radius 1 is 1.08 bits per heavy atom. The van der Waals surface area contributed by atoms with E-state index in [4.69, 9.17) is 14.5 Å². The molecular formula is C17H15N3O4. The molecule has 0 saturated heterocycles. The molecule has 0 unspecified atom stereocenters. The monoisotopic (exact) mass is 325 g/mol. The predicted octanol–water partition coefficient (Wildman–Crippen LogP) is 2.36. The molecule has 0 atom stereocenters. The van der Waals surface area contributed by atoms with Gasteiger partial charge in [0.25, 0.3) is 11.8 Å². The fourth-order valence-corrected chi connectivity index (χ4v) is 2.12. The molecule has 7 nitrogen and oxygen atoms in total. The van der Waals surface area contributed by atoms with Crippen molar-refractivity contribution >= 4 is 5.91 Å². The number of nitrogens with zero attached hydrogens (tertiary/aromatic N) is 2. The van der Waals surface area contributed by atoms with E-state index in [-0.39, 0.29) is 24.7 Å². The molecule has 0 aliphatic rings. The second-order valence-electron chi connectivity index (χ2n) is 5.00. The molecule has 24 heavy (non-hydrogen) atoms. The van der Waals surface area contributed by atoms with E-state index in [0.717, 1.165) is 11.1 Å². The number of carbonyl (C=O) groups excluding carboxylic acids is 1. The lowest BCUT2D eigenvalue weighted by molar-refractivity contribution is -0.128. The molecule has 0 saturated carbocycles. The van der Waals surface area contributed by atoms with Crippen molar-refractivity contribution in [2.45, 2.75) is 13.0 Å². The van der Waals surface area contributed by atoms with E-state index in [9.17, 15) is 4.79 Å². The number of ether oxygens (including phenoxy) is 1. The zero-order valence-electron chi connectivity index (χ0n) is 12.7. The van der Waals surface area contributed by atoms with Crippen LogP contribution >= 0.6 is 0 Å². The number of aromatic nitrogens is 2. The van der Waals surface area contributed by atoms with E-state index in [2.05, 4.69) is 10.1 Å². The Labute approximate surface area is 137 Å². The first-order valence-electron chi connectivity index (χ1n) is 7.27. The van der Waals surface area contributed by atoms with Crippen LogP contribution in [0.1, 0.15) is 11.7 Å². The first-order valence-corrected chi connectivity index (χ1v) is 7.27. The zero-order chi connectivity index (χ0) is 16.8. The summed E-state index contributed by atoms with van der Waals surface area (Å²) in [7, 11) is 0. The smallest absolute Gasteiger partial charge is 0.264 e. The van der Waals surface area contributed by atoms with Crippen molar-refractivity contribution in [2.24, 2.45) is 0 Å². The van der Waals surface area contributed by atoms with E-state index < -0.39 is 5.91 Å². The topological polar surface area (TPSA) is 97.5 Å². The molecule has 3 aromatic rings. The van der Waals surface area contributed by atoms with Gasteiger partial charge in [-0.25, -0.2) is 5.48 Å². The summed E-state index contributed by atoms with van der Waals surface area (Å²) in [5, 5.41) is 12.1. The Kier molecular flexibility index (Phi) is 4.83. The molecule has 0 aliphatic heterocycles. The van der Waals surface area contributed by atoms with Crippen molar-refractivity contribution in [3.8, 4) is 16.9 Å². The van der Waals surface area contributed by atoms with Crippen LogP contribution < -0.4 is 10.2 Å². The van der Waals surface area contributed by atoms with Crippen LogP contribution in [-0.4, -0.2) is 21.3 Å². The minimum Gasteiger partial charge on any atom is -0.484 e. The largest absolute Gasteiger partial charge is 0.484 e. The molecule has 1 aromatic heterocycles. The van der Waals surface area contributed by atoms with Crippen LogP contribution in [0.2, 0.25) is 0 Å². The molecular weight excluding hydrogens is 310 g/mol. The van der Waals surface area contributed by atoms with Gasteiger partial charge in [-0.05, 0) is 23.3 Å². The quantitative estimate of drug-likeness (QED) is 0.533. The van der Waals surface area contributed by atoms with Crippen LogP contribution in [0.3, 0.4) is 0 Å². The second kappa shape index (κ2) is 7.38. The van der Waals surface area contributed by atoms with Gasteiger partial charge in [0.2, 0.25) is 0 Å². The summed E-state index contributed by atoms with van der Waals surface area (Å²) in [4.78, 5) is 15.0. The van der Waals surface area contributed by atoms with Crippen molar-refractivity contribution in [2.75, 3.05) is 0 Å². The Bertz CT molecular complexity index is 800. The maximum Gasteiger partial charge on any atom is 0.264 e. The molecule has 0 spiro atoms. The van der Waals surface area contributed by atoms with E-state index in [0.29, 0.717) is 5.75 Å². The number of benzene rings is 2. The van der Waals surface area contributed by atoms with Crippen LogP contribution in [0.4, 0.5) is 0 Å². The molecule has 0 bridgehead atoms. The van der Waals surface area contributed by atoms with Gasteiger partial charge in [0.1, 0.15) is 5.75 Å². The highest BCUT2D eigenvalue weighted by molar-refractivity contribution is 5.76. The molecule has 1 heterocycles. The van der Waals surface area contributed by atoms with E-state index in [1.165, 1.54) is 5.48 Å². The van der Waals surface area contributed by atoms with E-state index >= 15 is 0 Å². The SMILES string of the molecule is O=C(Cc1noc(COc2ccc(-c3ccccc3)cc2)n1)NO. The molecule has 1 amide bonds. The summed E-state index contributed by atoms with van der Waals surface area (Å²) in [6.07, 6.45) is -0.161. The third kappa shape index (κ3) is 3.96. The maximum absolute atomic E-state index is 11.0. The molecule has 0 aliphatic carbocycles. The number of rotatable bonds is 6.